The van der Waals surface area contributed by atoms with E-state index >= 15 is 0 Å². The Morgan fingerprint density at radius 1 is 1.18 bits per heavy atom. The van der Waals surface area contributed by atoms with Crippen LogP contribution in [0.15, 0.2) is 42.7 Å². The van der Waals surface area contributed by atoms with Crippen LogP contribution in [0.2, 0.25) is 0 Å². The number of aryl methyl sites for hydroxylation is 1. The molecule has 0 spiro atoms. The fraction of sp³-hybridized carbons (Fsp3) is 0.476. The van der Waals surface area contributed by atoms with Gasteiger partial charge in [-0.15, -0.1) is 0 Å². The average Bonchev–Trinajstić information content (AvgIpc) is 3.21. The van der Waals surface area contributed by atoms with E-state index in [0.717, 1.165) is 37.1 Å². The van der Waals surface area contributed by atoms with Crippen LogP contribution in [-0.4, -0.2) is 52.2 Å². The number of para-hydroxylation sites is 1. The molecule has 7 nitrogen and oxygen atoms in total. The van der Waals surface area contributed by atoms with Crippen molar-refractivity contribution >= 4 is 11.8 Å². The second kappa shape index (κ2) is 10.0. The van der Waals surface area contributed by atoms with Gasteiger partial charge in [-0.25, -0.2) is 4.68 Å². The van der Waals surface area contributed by atoms with Gasteiger partial charge >= 0.3 is 0 Å². The normalized spacial score (nSPS) is 16.8. The maximum absolute atomic E-state index is 12.8. The lowest BCUT2D eigenvalue weighted by Crippen LogP contribution is -2.49. The molecule has 1 aromatic heterocycles. The molecule has 0 radical (unpaired) electrons. The molecule has 1 fully saturated rings. The van der Waals surface area contributed by atoms with Crippen LogP contribution in [-0.2, 0) is 16.0 Å². The molecule has 1 unspecified atom stereocenters. The van der Waals surface area contributed by atoms with Gasteiger partial charge < -0.3 is 16.0 Å². The monoisotopic (exact) mass is 383 g/mol. The van der Waals surface area contributed by atoms with E-state index in [0.29, 0.717) is 32.4 Å². The van der Waals surface area contributed by atoms with Crippen molar-refractivity contribution in [2.45, 2.75) is 44.6 Å². The minimum Gasteiger partial charge on any atom is -0.354 e. The zero-order valence-electron chi connectivity index (χ0n) is 16.2. The van der Waals surface area contributed by atoms with E-state index in [9.17, 15) is 9.59 Å². The Labute approximate surface area is 165 Å². The smallest absolute Gasteiger partial charge is 0.223 e. The number of hydrogen-bond acceptors (Lipinski definition) is 4. The number of nitrogens with zero attached hydrogens (tertiary/aromatic N) is 3. The summed E-state index contributed by atoms with van der Waals surface area (Å²) >= 11 is 0. The summed E-state index contributed by atoms with van der Waals surface area (Å²) in [5.74, 6) is 0.0963. The number of rotatable bonds is 8. The van der Waals surface area contributed by atoms with Gasteiger partial charge in [-0.1, -0.05) is 18.2 Å². The maximum atomic E-state index is 12.8. The van der Waals surface area contributed by atoms with Crippen molar-refractivity contribution in [3.8, 4) is 5.69 Å². The van der Waals surface area contributed by atoms with Crippen LogP contribution in [0.25, 0.3) is 5.69 Å². The SMILES string of the molecule is NCCC(=O)NCC1CCCCN1C(=O)CCc1cnn(-c2ccccc2)c1. The van der Waals surface area contributed by atoms with E-state index in [-0.39, 0.29) is 17.9 Å². The zero-order chi connectivity index (χ0) is 19.8. The van der Waals surface area contributed by atoms with Crippen LogP contribution in [0.3, 0.4) is 0 Å². The number of likely N-dealkylation sites (tertiary alicyclic amines) is 1. The van der Waals surface area contributed by atoms with Crippen LogP contribution in [0.5, 0.6) is 0 Å². The molecule has 2 amide bonds. The highest BCUT2D eigenvalue weighted by atomic mass is 16.2. The number of nitrogens with two attached hydrogens (primary N) is 1. The number of hydrogen-bond donors (Lipinski definition) is 2. The molecule has 2 heterocycles. The Kier molecular flexibility index (Phi) is 7.19. The number of benzene rings is 1. The van der Waals surface area contributed by atoms with E-state index < -0.39 is 0 Å². The molecular formula is C21H29N5O2. The molecule has 1 aliphatic heterocycles. The third-order valence-corrected chi connectivity index (χ3v) is 5.14. The largest absolute Gasteiger partial charge is 0.354 e. The third kappa shape index (κ3) is 5.42. The number of nitrogens with one attached hydrogen (secondary N) is 1. The highest BCUT2D eigenvalue weighted by molar-refractivity contribution is 5.78. The second-order valence-electron chi connectivity index (χ2n) is 7.21. The Balaban J connectivity index is 1.53. The van der Waals surface area contributed by atoms with Gasteiger partial charge in [0.25, 0.3) is 0 Å². The lowest BCUT2D eigenvalue weighted by Gasteiger charge is -2.36. The molecule has 28 heavy (non-hydrogen) atoms. The molecule has 0 saturated carbocycles. The van der Waals surface area contributed by atoms with Crippen molar-refractivity contribution in [2.75, 3.05) is 19.6 Å². The van der Waals surface area contributed by atoms with E-state index in [1.807, 2.05) is 52.3 Å². The Hall–Kier alpha value is -2.67. The average molecular weight is 383 g/mol. The fourth-order valence-electron chi connectivity index (χ4n) is 3.60. The summed E-state index contributed by atoms with van der Waals surface area (Å²) in [6.45, 7) is 1.62. The molecule has 3 rings (SSSR count). The molecule has 0 aliphatic carbocycles. The minimum atomic E-state index is -0.0474. The first-order valence-corrected chi connectivity index (χ1v) is 10.0. The van der Waals surface area contributed by atoms with Gasteiger partial charge in [-0.3, -0.25) is 9.59 Å². The predicted molar refractivity (Wildman–Crippen MR) is 108 cm³/mol. The summed E-state index contributed by atoms with van der Waals surface area (Å²) in [6, 6.07) is 10.00. The van der Waals surface area contributed by atoms with Crippen LogP contribution >= 0.6 is 0 Å². The first-order chi connectivity index (χ1) is 13.7. The van der Waals surface area contributed by atoms with Crippen LogP contribution < -0.4 is 11.1 Å². The first-order valence-electron chi connectivity index (χ1n) is 10.0. The predicted octanol–water partition coefficient (Wildman–Crippen LogP) is 1.65. The number of aromatic nitrogens is 2. The summed E-state index contributed by atoms with van der Waals surface area (Å²) in [4.78, 5) is 26.4. The Morgan fingerprint density at radius 3 is 2.79 bits per heavy atom. The van der Waals surface area contributed by atoms with E-state index in [1.54, 1.807) is 0 Å². The van der Waals surface area contributed by atoms with Crippen LogP contribution in [0.4, 0.5) is 0 Å². The number of amides is 2. The topological polar surface area (TPSA) is 93.2 Å². The van der Waals surface area contributed by atoms with E-state index in [1.165, 1.54) is 0 Å². The lowest BCUT2D eigenvalue weighted by molar-refractivity contribution is -0.135. The van der Waals surface area contributed by atoms with Crippen LogP contribution in [0, 0.1) is 0 Å². The van der Waals surface area contributed by atoms with E-state index in [2.05, 4.69) is 10.4 Å². The maximum Gasteiger partial charge on any atom is 0.223 e. The minimum absolute atomic E-state index is 0.0474. The Bertz CT molecular complexity index is 774. The highest BCUT2D eigenvalue weighted by Gasteiger charge is 2.26. The third-order valence-electron chi connectivity index (χ3n) is 5.14. The van der Waals surface area contributed by atoms with Crippen molar-refractivity contribution in [3.63, 3.8) is 0 Å². The lowest BCUT2D eigenvalue weighted by atomic mass is 10.0. The molecule has 7 heteroatoms. The number of carbonyl (C=O) groups excluding carboxylic acids is 2. The van der Waals surface area contributed by atoms with E-state index in [4.69, 9.17) is 5.73 Å². The van der Waals surface area contributed by atoms with Crippen molar-refractivity contribution in [3.05, 3.63) is 48.3 Å². The van der Waals surface area contributed by atoms with Gasteiger partial charge in [-0.2, -0.15) is 5.10 Å². The summed E-state index contributed by atoms with van der Waals surface area (Å²) in [5, 5.41) is 7.30. The second-order valence-corrected chi connectivity index (χ2v) is 7.21. The van der Waals surface area contributed by atoms with Gasteiger partial charge in [0.05, 0.1) is 11.9 Å². The standard InChI is InChI=1S/C21H29N5O2/c22-12-11-20(27)23-15-19-8-4-5-13-25(19)21(28)10-9-17-14-24-26(16-17)18-6-2-1-3-7-18/h1-3,6-7,14,16,19H,4-5,8-13,15,22H2,(H,23,27). The van der Waals surface area contributed by atoms with Crippen molar-refractivity contribution < 1.29 is 9.59 Å². The van der Waals surface area contributed by atoms with Crippen molar-refractivity contribution in [1.82, 2.24) is 20.0 Å². The van der Waals surface area contributed by atoms with Crippen molar-refractivity contribution in [2.24, 2.45) is 5.73 Å². The molecule has 1 aromatic carbocycles. The molecular weight excluding hydrogens is 354 g/mol. The Morgan fingerprint density at radius 2 is 2.00 bits per heavy atom. The summed E-state index contributed by atoms with van der Waals surface area (Å²) in [7, 11) is 0. The van der Waals surface area contributed by atoms with Gasteiger partial charge in [0.1, 0.15) is 0 Å². The molecule has 0 bridgehead atoms. The van der Waals surface area contributed by atoms with Crippen molar-refractivity contribution in [1.29, 1.82) is 0 Å². The molecule has 150 valence electrons. The number of piperidine rings is 1. The van der Waals surface area contributed by atoms with Gasteiger partial charge in [0.15, 0.2) is 0 Å². The quantitative estimate of drug-likeness (QED) is 0.725. The molecule has 3 N–H and O–H groups in total. The summed E-state index contributed by atoms with van der Waals surface area (Å²) in [5.41, 5.74) is 7.46. The summed E-state index contributed by atoms with van der Waals surface area (Å²) in [6.07, 6.45) is 8.27. The van der Waals surface area contributed by atoms with Crippen LogP contribution in [0.1, 0.15) is 37.7 Å². The number of carbonyl (C=O) groups is 2. The molecule has 1 atom stereocenters. The molecule has 1 aliphatic rings. The van der Waals surface area contributed by atoms with Gasteiger partial charge in [0.2, 0.25) is 11.8 Å². The first kappa shape index (κ1) is 20.1. The highest BCUT2D eigenvalue weighted by Crippen LogP contribution is 2.18. The molecule has 2 aromatic rings. The van der Waals surface area contributed by atoms with Gasteiger partial charge in [0, 0.05) is 44.7 Å². The zero-order valence-corrected chi connectivity index (χ0v) is 16.2. The fourth-order valence-corrected chi connectivity index (χ4v) is 3.60. The van der Waals surface area contributed by atoms with Gasteiger partial charge in [-0.05, 0) is 43.4 Å². The summed E-state index contributed by atoms with van der Waals surface area (Å²) < 4.78 is 1.83. The molecule has 1 saturated heterocycles.